The van der Waals surface area contributed by atoms with Crippen molar-refractivity contribution >= 4 is 29.5 Å². The van der Waals surface area contributed by atoms with Gasteiger partial charge < -0.3 is 41.8 Å². The average Bonchev–Trinajstić information content (AvgIpc) is 3.67. The molecule has 3 aromatic rings. The molecule has 0 bridgehead atoms. The molecule has 1 aliphatic carbocycles. The number of aromatic nitrogens is 2. The van der Waals surface area contributed by atoms with E-state index in [9.17, 15) is 29.1 Å². The Morgan fingerprint density at radius 1 is 0.833 bits per heavy atom. The summed E-state index contributed by atoms with van der Waals surface area (Å²) in [5.41, 5.74) is 7.06. The molecule has 1 aromatic heterocycles. The summed E-state index contributed by atoms with van der Waals surface area (Å²) < 4.78 is 5.58. The van der Waals surface area contributed by atoms with Gasteiger partial charge in [-0.1, -0.05) is 94.5 Å². The van der Waals surface area contributed by atoms with Crippen molar-refractivity contribution in [3.05, 3.63) is 84.4 Å². The summed E-state index contributed by atoms with van der Waals surface area (Å²) in [5.74, 6) is -2.18. The first kappa shape index (κ1) is 41.5. The van der Waals surface area contributed by atoms with E-state index >= 15 is 0 Å². The SMILES string of the molecule is CC(C)C[C@H](NC(=O)C[C@H](O)[C@H](CC1CCCCC1)NC(=O)[C@H](Cc1cnc[nH]1)NC(=O)COc1ccccc1)C(=O)N[C@@H](Cc1ccccc1)C(N)=O. The topological polar surface area (TPSA) is 218 Å². The molecule has 0 radical (unpaired) electrons. The minimum Gasteiger partial charge on any atom is -0.484 e. The number of imidazole rings is 1. The van der Waals surface area contributed by atoms with Crippen LogP contribution in [0.5, 0.6) is 5.75 Å². The van der Waals surface area contributed by atoms with E-state index in [0.29, 0.717) is 17.9 Å². The van der Waals surface area contributed by atoms with Crippen LogP contribution in [0.2, 0.25) is 0 Å². The van der Waals surface area contributed by atoms with Crippen LogP contribution in [0.4, 0.5) is 0 Å². The number of benzene rings is 2. The number of aliphatic hydroxyl groups is 1. The van der Waals surface area contributed by atoms with E-state index in [4.69, 9.17) is 10.5 Å². The van der Waals surface area contributed by atoms with E-state index in [1.807, 2.05) is 50.2 Å². The number of nitrogens with two attached hydrogens (primary N) is 1. The first-order chi connectivity index (χ1) is 26.0. The maximum absolute atomic E-state index is 13.9. The zero-order valence-corrected chi connectivity index (χ0v) is 31.2. The highest BCUT2D eigenvalue weighted by molar-refractivity contribution is 5.92. The molecule has 8 N–H and O–H groups in total. The highest BCUT2D eigenvalue weighted by atomic mass is 16.5. The van der Waals surface area contributed by atoms with E-state index in [1.165, 1.54) is 6.33 Å². The van der Waals surface area contributed by atoms with Crippen LogP contribution >= 0.6 is 0 Å². The highest BCUT2D eigenvalue weighted by Gasteiger charge is 2.33. The Kier molecular flexibility index (Phi) is 16.5. The van der Waals surface area contributed by atoms with Crippen molar-refractivity contribution < 1.29 is 33.8 Å². The summed E-state index contributed by atoms with van der Waals surface area (Å²) in [6, 6.07) is 14.1. The second kappa shape index (κ2) is 21.5. The maximum Gasteiger partial charge on any atom is 0.258 e. The lowest BCUT2D eigenvalue weighted by Gasteiger charge is -2.31. The van der Waals surface area contributed by atoms with E-state index < -0.39 is 66.2 Å². The number of H-pyrrole nitrogens is 1. The Hall–Kier alpha value is -5.24. The highest BCUT2D eigenvalue weighted by Crippen LogP contribution is 2.28. The average molecular weight is 746 g/mol. The molecule has 5 atom stereocenters. The number of carbonyl (C=O) groups is 5. The zero-order valence-electron chi connectivity index (χ0n) is 31.2. The van der Waals surface area contributed by atoms with Gasteiger partial charge in [-0.2, -0.15) is 0 Å². The van der Waals surface area contributed by atoms with Crippen molar-refractivity contribution in [2.24, 2.45) is 17.6 Å². The number of nitrogens with zero attached hydrogens (tertiary/aromatic N) is 1. The van der Waals surface area contributed by atoms with Gasteiger partial charge in [-0.3, -0.25) is 24.0 Å². The van der Waals surface area contributed by atoms with E-state index in [-0.39, 0.29) is 37.7 Å². The molecule has 0 spiro atoms. The van der Waals surface area contributed by atoms with Gasteiger partial charge in [0.05, 0.1) is 24.9 Å². The van der Waals surface area contributed by atoms with Crippen LogP contribution in [0, 0.1) is 11.8 Å². The van der Waals surface area contributed by atoms with Gasteiger partial charge in [0.1, 0.15) is 23.9 Å². The monoisotopic (exact) mass is 745 g/mol. The maximum atomic E-state index is 13.9. The fraction of sp³-hybridized carbons (Fsp3) is 0.500. The molecule has 1 fully saturated rings. The van der Waals surface area contributed by atoms with Crippen LogP contribution < -0.4 is 31.7 Å². The lowest BCUT2D eigenvalue weighted by molar-refractivity contribution is -0.133. The lowest BCUT2D eigenvalue weighted by atomic mass is 9.83. The number of nitrogens with one attached hydrogen (secondary N) is 5. The Bertz CT molecular complexity index is 1620. The normalized spacial score (nSPS) is 15.9. The van der Waals surface area contributed by atoms with Crippen molar-refractivity contribution in [3.63, 3.8) is 0 Å². The quantitative estimate of drug-likeness (QED) is 0.0858. The molecular formula is C40H55N7O7. The van der Waals surface area contributed by atoms with Gasteiger partial charge in [0.25, 0.3) is 5.91 Å². The molecule has 1 saturated carbocycles. The van der Waals surface area contributed by atoms with Gasteiger partial charge >= 0.3 is 0 Å². The zero-order chi connectivity index (χ0) is 38.9. The van der Waals surface area contributed by atoms with E-state index in [1.54, 1.807) is 30.5 Å². The van der Waals surface area contributed by atoms with Crippen LogP contribution in [0.3, 0.4) is 0 Å². The molecule has 2 aromatic carbocycles. The van der Waals surface area contributed by atoms with Gasteiger partial charge in [0.2, 0.25) is 23.6 Å². The number of carbonyl (C=O) groups excluding carboxylic acids is 5. The molecule has 0 saturated heterocycles. The molecule has 14 heteroatoms. The Morgan fingerprint density at radius 2 is 1.48 bits per heavy atom. The van der Waals surface area contributed by atoms with Gasteiger partial charge in [-0.15, -0.1) is 0 Å². The number of aliphatic hydroxyl groups excluding tert-OH is 1. The number of aromatic amines is 1. The van der Waals surface area contributed by atoms with Crippen LogP contribution in [0.15, 0.2) is 73.2 Å². The Labute approximate surface area is 316 Å². The number of amides is 5. The van der Waals surface area contributed by atoms with Crippen molar-refractivity contribution in [3.8, 4) is 5.75 Å². The fourth-order valence-electron chi connectivity index (χ4n) is 6.74. The molecule has 5 amide bonds. The molecular weight excluding hydrogens is 690 g/mol. The molecule has 0 unspecified atom stereocenters. The molecule has 292 valence electrons. The van der Waals surface area contributed by atoms with Crippen molar-refractivity contribution in [1.82, 2.24) is 31.2 Å². The van der Waals surface area contributed by atoms with Gasteiger partial charge in [0.15, 0.2) is 6.61 Å². The molecule has 0 aliphatic heterocycles. The third-order valence-corrected chi connectivity index (χ3v) is 9.54. The number of rotatable bonds is 21. The lowest BCUT2D eigenvalue weighted by Crippen LogP contribution is -2.56. The third-order valence-electron chi connectivity index (χ3n) is 9.54. The summed E-state index contributed by atoms with van der Waals surface area (Å²) >= 11 is 0. The number of ether oxygens (including phenoxy) is 1. The second-order valence-corrected chi connectivity index (χ2v) is 14.5. The summed E-state index contributed by atoms with van der Waals surface area (Å²) in [4.78, 5) is 73.1. The van der Waals surface area contributed by atoms with Crippen LogP contribution in [0.25, 0.3) is 0 Å². The minimum absolute atomic E-state index is 0.00516. The summed E-state index contributed by atoms with van der Waals surface area (Å²) in [5, 5.41) is 22.7. The molecule has 54 heavy (non-hydrogen) atoms. The van der Waals surface area contributed by atoms with Crippen LogP contribution in [-0.4, -0.2) is 81.5 Å². The number of primary amides is 1. The van der Waals surface area contributed by atoms with Gasteiger partial charge in [-0.05, 0) is 42.4 Å². The van der Waals surface area contributed by atoms with Crippen molar-refractivity contribution in [2.45, 2.75) is 108 Å². The molecule has 1 heterocycles. The second-order valence-electron chi connectivity index (χ2n) is 14.5. The number of para-hydroxylation sites is 1. The van der Waals surface area contributed by atoms with Crippen LogP contribution in [0.1, 0.15) is 76.5 Å². The summed E-state index contributed by atoms with van der Waals surface area (Å²) in [7, 11) is 0. The predicted molar refractivity (Wildman–Crippen MR) is 203 cm³/mol. The molecule has 1 aliphatic rings. The third kappa shape index (κ3) is 14.3. The largest absolute Gasteiger partial charge is 0.484 e. The first-order valence-electron chi connectivity index (χ1n) is 18.8. The van der Waals surface area contributed by atoms with Crippen molar-refractivity contribution in [1.29, 1.82) is 0 Å². The first-order valence-corrected chi connectivity index (χ1v) is 18.8. The fourth-order valence-corrected chi connectivity index (χ4v) is 6.74. The number of hydrogen-bond donors (Lipinski definition) is 7. The molecule has 4 rings (SSSR count). The van der Waals surface area contributed by atoms with E-state index in [2.05, 4.69) is 31.2 Å². The Morgan fingerprint density at radius 3 is 2.11 bits per heavy atom. The smallest absolute Gasteiger partial charge is 0.258 e. The van der Waals surface area contributed by atoms with Gasteiger partial charge in [0, 0.05) is 24.7 Å². The predicted octanol–water partition coefficient (Wildman–Crippen LogP) is 2.47. The number of hydrogen-bond acceptors (Lipinski definition) is 8. The van der Waals surface area contributed by atoms with E-state index in [0.717, 1.165) is 37.7 Å². The van der Waals surface area contributed by atoms with Gasteiger partial charge in [-0.25, -0.2) is 4.98 Å². The molecule has 14 nitrogen and oxygen atoms in total. The summed E-state index contributed by atoms with van der Waals surface area (Å²) in [6.45, 7) is 3.49. The summed E-state index contributed by atoms with van der Waals surface area (Å²) in [6.07, 6.45) is 7.35. The Balaban J connectivity index is 1.44. The standard InChI is InChI=1S/C40H55N7O7/c1-26(2)18-33(39(52)47-32(38(41)51)20-28-14-8-4-9-15-28)44-36(49)22-35(48)31(19-27-12-6-3-7-13-27)46-40(53)34(21-29-23-42-25-43-29)45-37(50)24-54-30-16-10-5-11-17-30/h4-5,8-11,14-17,23,25-27,31-35,48H,3,6-7,12-13,18-22,24H2,1-2H3,(H2,41,51)(H,42,43)(H,44,49)(H,45,50)(H,46,53)(H,47,52)/t31-,32-,33-,34-,35-/m0/s1. The van der Waals surface area contributed by atoms with Crippen LogP contribution in [-0.2, 0) is 36.8 Å². The van der Waals surface area contributed by atoms with Crippen molar-refractivity contribution in [2.75, 3.05) is 6.61 Å². The minimum atomic E-state index is -1.31.